The van der Waals surface area contributed by atoms with Gasteiger partial charge in [0, 0.05) is 36.7 Å². The lowest BCUT2D eigenvalue weighted by Crippen LogP contribution is -2.39. The Morgan fingerprint density at radius 1 is 1.14 bits per heavy atom. The summed E-state index contributed by atoms with van der Waals surface area (Å²) in [4.78, 5) is 22.3. The molecule has 2 heterocycles. The van der Waals surface area contributed by atoms with Crippen molar-refractivity contribution in [2.45, 2.75) is 6.42 Å². The van der Waals surface area contributed by atoms with Gasteiger partial charge in [-0.05, 0) is 48.4 Å². The second-order valence-electron chi connectivity index (χ2n) is 8.20. The molecule has 10 heteroatoms. The summed E-state index contributed by atoms with van der Waals surface area (Å²) in [6.45, 7) is 4.82. The summed E-state index contributed by atoms with van der Waals surface area (Å²) in [5.74, 6) is 1.43. The number of nitrogens with zero attached hydrogens (tertiary/aromatic N) is 3. The molecule has 0 saturated carbocycles. The number of fused-ring (bicyclic) bond motifs is 1. The molecule has 0 unspecified atom stereocenters. The van der Waals surface area contributed by atoms with Crippen molar-refractivity contribution in [3.63, 3.8) is 0 Å². The van der Waals surface area contributed by atoms with Gasteiger partial charge < -0.3 is 18.9 Å². The molecule has 1 fully saturated rings. The fourth-order valence-corrected chi connectivity index (χ4v) is 5.58. The van der Waals surface area contributed by atoms with Crippen LogP contribution >= 0.6 is 27.3 Å². The van der Waals surface area contributed by atoms with Crippen LogP contribution in [-0.4, -0.2) is 76.5 Å². The van der Waals surface area contributed by atoms with E-state index in [4.69, 9.17) is 23.9 Å². The molecular formula is C26H30BrN3O5S. The standard InChI is InChI=1S/C26H30BrN3O5S/c1-32-21-15-18(16-22(33-2)25(21)34-3)5-8-24(31)30(10-4-9-29-11-13-35-14-12-29)26-28-20-7-6-19(27)17-23(20)36-26/h5-8,15-17H,4,9-14H2,1-3H3/b8-5+. The number of amides is 1. The van der Waals surface area contributed by atoms with Gasteiger partial charge in [-0.25, -0.2) is 4.98 Å². The van der Waals surface area contributed by atoms with Gasteiger partial charge in [-0.2, -0.15) is 0 Å². The Balaban J connectivity index is 1.56. The first-order chi connectivity index (χ1) is 17.5. The molecule has 3 aromatic rings. The Kier molecular flexibility index (Phi) is 9.19. The van der Waals surface area contributed by atoms with Crippen LogP contribution in [-0.2, 0) is 9.53 Å². The normalized spacial score (nSPS) is 14.3. The van der Waals surface area contributed by atoms with Gasteiger partial charge in [-0.15, -0.1) is 0 Å². The zero-order chi connectivity index (χ0) is 25.5. The third-order valence-electron chi connectivity index (χ3n) is 5.90. The Hall–Kier alpha value is -2.66. The molecule has 0 bridgehead atoms. The van der Waals surface area contributed by atoms with Gasteiger partial charge in [0.1, 0.15) is 0 Å². The number of thiazole rings is 1. The predicted molar refractivity (Wildman–Crippen MR) is 147 cm³/mol. The van der Waals surface area contributed by atoms with Gasteiger partial charge in [0.15, 0.2) is 16.6 Å². The molecule has 1 aliphatic rings. The van der Waals surface area contributed by atoms with Crippen LogP contribution in [0.5, 0.6) is 17.2 Å². The van der Waals surface area contributed by atoms with Crippen molar-refractivity contribution in [3.8, 4) is 17.2 Å². The third-order valence-corrected chi connectivity index (χ3v) is 7.44. The molecule has 1 saturated heterocycles. The first-order valence-corrected chi connectivity index (χ1v) is 13.3. The number of anilines is 1. The minimum Gasteiger partial charge on any atom is -0.493 e. The van der Waals surface area contributed by atoms with Crippen LogP contribution in [0.1, 0.15) is 12.0 Å². The molecular weight excluding hydrogens is 546 g/mol. The van der Waals surface area contributed by atoms with Crippen LogP contribution in [0.25, 0.3) is 16.3 Å². The van der Waals surface area contributed by atoms with Crippen LogP contribution in [0.15, 0.2) is 40.9 Å². The fraction of sp³-hybridized carbons (Fsp3) is 0.385. The van der Waals surface area contributed by atoms with Crippen molar-refractivity contribution < 1.29 is 23.7 Å². The van der Waals surface area contributed by atoms with Crippen LogP contribution in [0.4, 0.5) is 5.13 Å². The Labute approximate surface area is 223 Å². The maximum Gasteiger partial charge on any atom is 0.252 e. The first kappa shape index (κ1) is 26.4. The van der Waals surface area contributed by atoms with Gasteiger partial charge in [-0.3, -0.25) is 14.6 Å². The number of ether oxygens (including phenoxy) is 4. The summed E-state index contributed by atoms with van der Waals surface area (Å²) in [5, 5.41) is 0.685. The Bertz CT molecular complexity index is 1200. The van der Waals surface area contributed by atoms with Gasteiger partial charge in [0.2, 0.25) is 5.75 Å². The van der Waals surface area contributed by atoms with E-state index in [0.29, 0.717) is 28.9 Å². The number of morpholine rings is 1. The number of carbonyl (C=O) groups is 1. The largest absolute Gasteiger partial charge is 0.493 e. The highest BCUT2D eigenvalue weighted by atomic mass is 79.9. The highest BCUT2D eigenvalue weighted by molar-refractivity contribution is 9.10. The van der Waals surface area contributed by atoms with Crippen LogP contribution in [0, 0.1) is 0 Å². The lowest BCUT2D eigenvalue weighted by Gasteiger charge is -2.27. The van der Waals surface area contributed by atoms with E-state index in [-0.39, 0.29) is 5.91 Å². The number of carbonyl (C=O) groups excluding carboxylic acids is 1. The summed E-state index contributed by atoms with van der Waals surface area (Å²) in [6, 6.07) is 9.56. The molecule has 0 aliphatic carbocycles. The average molecular weight is 577 g/mol. The van der Waals surface area contributed by atoms with E-state index < -0.39 is 0 Å². The molecule has 1 aliphatic heterocycles. The number of hydrogen-bond acceptors (Lipinski definition) is 8. The van der Waals surface area contributed by atoms with E-state index in [2.05, 4.69) is 20.8 Å². The highest BCUT2D eigenvalue weighted by Crippen LogP contribution is 2.38. The molecule has 8 nitrogen and oxygen atoms in total. The van der Waals surface area contributed by atoms with Crippen molar-refractivity contribution in [3.05, 3.63) is 46.4 Å². The Morgan fingerprint density at radius 2 is 1.86 bits per heavy atom. The number of rotatable bonds is 10. The van der Waals surface area contributed by atoms with Crippen LogP contribution < -0.4 is 19.1 Å². The molecule has 4 rings (SSSR count). The van der Waals surface area contributed by atoms with Gasteiger partial charge in [0.05, 0.1) is 44.8 Å². The predicted octanol–water partition coefficient (Wildman–Crippen LogP) is 4.85. The summed E-state index contributed by atoms with van der Waals surface area (Å²) in [5.41, 5.74) is 1.64. The van der Waals surface area contributed by atoms with Crippen molar-refractivity contribution in [2.75, 3.05) is 65.6 Å². The first-order valence-electron chi connectivity index (χ1n) is 11.7. The third kappa shape index (κ3) is 6.36. The molecule has 36 heavy (non-hydrogen) atoms. The molecule has 0 spiro atoms. The monoisotopic (exact) mass is 575 g/mol. The lowest BCUT2D eigenvalue weighted by atomic mass is 10.1. The van der Waals surface area contributed by atoms with E-state index >= 15 is 0 Å². The molecule has 0 radical (unpaired) electrons. The molecule has 2 aromatic carbocycles. The van der Waals surface area contributed by atoms with E-state index in [1.54, 1.807) is 38.4 Å². The van der Waals surface area contributed by atoms with Crippen LogP contribution in [0.3, 0.4) is 0 Å². The lowest BCUT2D eigenvalue weighted by molar-refractivity contribution is -0.114. The molecule has 0 N–H and O–H groups in total. The van der Waals surface area contributed by atoms with Crippen LogP contribution in [0.2, 0.25) is 0 Å². The molecule has 192 valence electrons. The fourth-order valence-electron chi connectivity index (χ4n) is 4.03. The molecule has 0 atom stereocenters. The van der Waals surface area contributed by atoms with Crippen molar-refractivity contribution in [1.29, 1.82) is 0 Å². The van der Waals surface area contributed by atoms with E-state index in [9.17, 15) is 4.79 Å². The van der Waals surface area contributed by atoms with E-state index in [1.807, 2.05) is 30.3 Å². The zero-order valence-corrected chi connectivity index (χ0v) is 23.1. The van der Waals surface area contributed by atoms with E-state index in [1.165, 1.54) is 11.3 Å². The quantitative estimate of drug-likeness (QED) is 0.320. The van der Waals surface area contributed by atoms with E-state index in [0.717, 1.165) is 59.5 Å². The highest BCUT2D eigenvalue weighted by Gasteiger charge is 2.19. The maximum atomic E-state index is 13.5. The second-order valence-corrected chi connectivity index (χ2v) is 10.1. The smallest absolute Gasteiger partial charge is 0.252 e. The summed E-state index contributed by atoms with van der Waals surface area (Å²) >= 11 is 5.03. The average Bonchev–Trinajstić information content (AvgIpc) is 3.32. The van der Waals surface area contributed by atoms with Gasteiger partial charge in [-0.1, -0.05) is 27.3 Å². The summed E-state index contributed by atoms with van der Waals surface area (Å²) in [6.07, 6.45) is 4.16. The zero-order valence-electron chi connectivity index (χ0n) is 20.7. The molecule has 1 aromatic heterocycles. The Morgan fingerprint density at radius 3 is 2.53 bits per heavy atom. The topological polar surface area (TPSA) is 73.4 Å². The SMILES string of the molecule is COc1cc(/C=C/C(=O)N(CCCN2CCOCC2)c2nc3ccc(Br)cc3s2)cc(OC)c1OC. The van der Waals surface area contributed by atoms with Crippen molar-refractivity contribution in [2.24, 2.45) is 0 Å². The number of aromatic nitrogens is 1. The minimum atomic E-state index is -0.135. The number of methoxy groups -OCH3 is 3. The van der Waals surface area contributed by atoms with Gasteiger partial charge >= 0.3 is 0 Å². The summed E-state index contributed by atoms with van der Waals surface area (Å²) < 4.78 is 23.7. The second kappa shape index (κ2) is 12.5. The number of hydrogen-bond donors (Lipinski definition) is 0. The van der Waals surface area contributed by atoms with Gasteiger partial charge in [0.25, 0.3) is 5.91 Å². The number of benzene rings is 2. The minimum absolute atomic E-state index is 0.135. The van der Waals surface area contributed by atoms with Crippen molar-refractivity contribution >= 4 is 54.6 Å². The maximum absolute atomic E-state index is 13.5. The van der Waals surface area contributed by atoms with Crippen molar-refractivity contribution in [1.82, 2.24) is 9.88 Å². The number of halogens is 1. The summed E-state index contributed by atoms with van der Waals surface area (Å²) in [7, 11) is 4.69. The molecule has 1 amide bonds.